The summed E-state index contributed by atoms with van der Waals surface area (Å²) in [6.45, 7) is 6.15. The van der Waals surface area contributed by atoms with Crippen LogP contribution >= 0.6 is 12.2 Å². The van der Waals surface area contributed by atoms with Gasteiger partial charge in [-0.2, -0.15) is 0 Å². The van der Waals surface area contributed by atoms with Gasteiger partial charge in [0.25, 0.3) is 0 Å². The number of pyridine rings is 2. The zero-order valence-corrected chi connectivity index (χ0v) is 19.5. The number of nitrogens with one attached hydrogen (secondary N) is 1. The summed E-state index contributed by atoms with van der Waals surface area (Å²) < 4.78 is 17.1. The minimum Gasteiger partial charge on any atom is -0.351 e. The predicted octanol–water partition coefficient (Wildman–Crippen LogP) is 5.51. The van der Waals surface area contributed by atoms with E-state index in [0.29, 0.717) is 10.8 Å². The topological polar surface area (TPSA) is 46.0 Å². The highest BCUT2D eigenvalue weighted by Gasteiger charge is 2.43. The number of rotatable bonds is 4. The van der Waals surface area contributed by atoms with E-state index in [0.717, 1.165) is 34.0 Å². The summed E-state index contributed by atoms with van der Waals surface area (Å²) in [6, 6.07) is 18.2. The van der Waals surface area contributed by atoms with Gasteiger partial charge in [0.15, 0.2) is 5.11 Å². The van der Waals surface area contributed by atoms with Crippen molar-refractivity contribution in [1.82, 2.24) is 19.9 Å². The van der Waals surface area contributed by atoms with Crippen molar-refractivity contribution < 1.29 is 4.39 Å². The number of benzene rings is 1. The lowest BCUT2D eigenvalue weighted by Crippen LogP contribution is -2.30. The highest BCUT2D eigenvalue weighted by Crippen LogP contribution is 2.44. The van der Waals surface area contributed by atoms with Crippen LogP contribution in [0.2, 0.25) is 0 Å². The molecule has 0 bridgehead atoms. The van der Waals surface area contributed by atoms with Gasteiger partial charge in [-0.3, -0.25) is 4.98 Å². The Morgan fingerprint density at radius 3 is 2.45 bits per heavy atom. The second-order valence-electron chi connectivity index (χ2n) is 8.30. The molecule has 1 aliphatic heterocycles. The molecule has 7 heteroatoms. The van der Waals surface area contributed by atoms with Crippen molar-refractivity contribution in [2.75, 3.05) is 4.90 Å². The number of nitrogens with zero attached hydrogens (tertiary/aromatic N) is 4. The molecule has 1 saturated heterocycles. The van der Waals surface area contributed by atoms with E-state index in [1.165, 1.54) is 6.07 Å². The molecule has 5 nitrogen and oxygen atoms in total. The number of halogens is 1. The number of anilines is 1. The SMILES string of the molecule is Cc1ccc(-n2c(C)cc(C3C(c4ccccn4)NC(=S)N3c3ccccc3F)c2C)nc1. The Labute approximate surface area is 197 Å². The molecule has 166 valence electrons. The third-order valence-corrected chi connectivity index (χ3v) is 6.44. The molecule has 1 aromatic carbocycles. The van der Waals surface area contributed by atoms with E-state index in [1.54, 1.807) is 18.3 Å². The fourth-order valence-corrected chi connectivity index (χ4v) is 4.95. The average molecular weight is 458 g/mol. The molecule has 0 aliphatic carbocycles. The molecule has 0 radical (unpaired) electrons. The highest BCUT2D eigenvalue weighted by molar-refractivity contribution is 7.80. The van der Waals surface area contributed by atoms with Crippen LogP contribution in [0.4, 0.5) is 10.1 Å². The summed E-state index contributed by atoms with van der Waals surface area (Å²) in [7, 11) is 0. The van der Waals surface area contributed by atoms with Gasteiger partial charge in [0, 0.05) is 23.8 Å². The van der Waals surface area contributed by atoms with E-state index in [4.69, 9.17) is 12.2 Å². The number of hydrogen-bond acceptors (Lipinski definition) is 3. The lowest BCUT2D eigenvalue weighted by molar-refractivity contribution is 0.556. The second kappa shape index (κ2) is 8.41. The molecular formula is C26H24FN5S. The number of aryl methyl sites for hydroxylation is 2. The van der Waals surface area contributed by atoms with Crippen molar-refractivity contribution in [1.29, 1.82) is 0 Å². The van der Waals surface area contributed by atoms with E-state index in [2.05, 4.69) is 45.8 Å². The fraction of sp³-hybridized carbons (Fsp3) is 0.192. The van der Waals surface area contributed by atoms with Crippen molar-refractivity contribution in [2.24, 2.45) is 0 Å². The van der Waals surface area contributed by atoms with Crippen molar-refractivity contribution in [3.8, 4) is 5.82 Å². The van der Waals surface area contributed by atoms with Crippen LogP contribution < -0.4 is 10.2 Å². The molecule has 3 aromatic heterocycles. The van der Waals surface area contributed by atoms with Gasteiger partial charge in [-0.25, -0.2) is 9.37 Å². The van der Waals surface area contributed by atoms with Gasteiger partial charge in [0.1, 0.15) is 11.6 Å². The number of hydrogen-bond donors (Lipinski definition) is 1. The van der Waals surface area contributed by atoms with E-state index in [-0.39, 0.29) is 17.9 Å². The maximum atomic E-state index is 15.0. The van der Waals surface area contributed by atoms with Crippen molar-refractivity contribution in [2.45, 2.75) is 32.9 Å². The Morgan fingerprint density at radius 2 is 1.76 bits per heavy atom. The number of aromatic nitrogens is 3. The minimum atomic E-state index is -0.317. The smallest absolute Gasteiger partial charge is 0.174 e. The van der Waals surface area contributed by atoms with Crippen LogP contribution in [0.5, 0.6) is 0 Å². The maximum absolute atomic E-state index is 15.0. The minimum absolute atomic E-state index is 0.238. The van der Waals surface area contributed by atoms with Crippen LogP contribution in [0.1, 0.15) is 40.3 Å². The van der Waals surface area contributed by atoms with Gasteiger partial charge >= 0.3 is 0 Å². The van der Waals surface area contributed by atoms with Crippen molar-refractivity contribution in [3.63, 3.8) is 0 Å². The van der Waals surface area contributed by atoms with Crippen molar-refractivity contribution >= 4 is 23.0 Å². The Balaban J connectivity index is 1.69. The Kier molecular flexibility index (Phi) is 5.42. The quantitative estimate of drug-likeness (QED) is 0.410. The summed E-state index contributed by atoms with van der Waals surface area (Å²) in [5.74, 6) is 0.532. The highest BCUT2D eigenvalue weighted by atomic mass is 32.1. The summed E-state index contributed by atoms with van der Waals surface area (Å²) >= 11 is 5.73. The molecule has 2 unspecified atom stereocenters. The van der Waals surface area contributed by atoms with E-state index in [9.17, 15) is 4.39 Å². The molecular weight excluding hydrogens is 433 g/mol. The average Bonchev–Trinajstić information content (AvgIpc) is 3.31. The summed E-state index contributed by atoms with van der Waals surface area (Å²) in [5, 5.41) is 3.87. The zero-order chi connectivity index (χ0) is 23.1. The third-order valence-electron chi connectivity index (χ3n) is 6.12. The number of para-hydroxylation sites is 1. The van der Waals surface area contributed by atoms with Gasteiger partial charge in [-0.15, -0.1) is 0 Å². The monoisotopic (exact) mass is 457 g/mol. The fourth-order valence-electron chi connectivity index (χ4n) is 4.61. The standard InChI is InChI=1S/C26H24FN5S/c1-16-11-12-23(29-15-16)31-17(2)14-19(18(31)3)25-24(21-9-6-7-13-28-21)30-26(33)32(25)22-10-5-4-8-20(22)27/h4-15,24-25H,1-3H3,(H,30,33). The van der Waals surface area contributed by atoms with Gasteiger partial charge < -0.3 is 14.8 Å². The van der Waals surface area contributed by atoms with Crippen LogP contribution in [0.15, 0.2) is 73.1 Å². The van der Waals surface area contributed by atoms with Crippen LogP contribution in [0.25, 0.3) is 5.82 Å². The Hall–Kier alpha value is -3.58. The second-order valence-corrected chi connectivity index (χ2v) is 8.69. The van der Waals surface area contributed by atoms with Gasteiger partial charge in [-0.1, -0.05) is 24.3 Å². The lowest BCUT2D eigenvalue weighted by atomic mass is 9.96. The van der Waals surface area contributed by atoms with Crippen LogP contribution in [0, 0.1) is 26.6 Å². The number of thiocarbonyl (C=S) groups is 1. The zero-order valence-electron chi connectivity index (χ0n) is 18.7. The molecule has 33 heavy (non-hydrogen) atoms. The van der Waals surface area contributed by atoms with E-state index < -0.39 is 0 Å². The van der Waals surface area contributed by atoms with E-state index in [1.807, 2.05) is 48.4 Å². The first-order valence-corrected chi connectivity index (χ1v) is 11.2. The van der Waals surface area contributed by atoms with Crippen LogP contribution in [-0.4, -0.2) is 19.6 Å². The largest absolute Gasteiger partial charge is 0.351 e. The molecule has 1 fully saturated rings. The third kappa shape index (κ3) is 3.68. The first-order valence-electron chi connectivity index (χ1n) is 10.8. The summed E-state index contributed by atoms with van der Waals surface area (Å²) in [6.07, 6.45) is 3.63. The molecule has 2 atom stereocenters. The van der Waals surface area contributed by atoms with Crippen LogP contribution in [0.3, 0.4) is 0 Å². The van der Waals surface area contributed by atoms with Gasteiger partial charge in [-0.05, 0) is 80.5 Å². The molecule has 1 N–H and O–H groups in total. The summed E-state index contributed by atoms with van der Waals surface area (Å²) in [5.41, 5.74) is 5.51. The molecule has 0 amide bonds. The summed E-state index contributed by atoms with van der Waals surface area (Å²) in [4.78, 5) is 11.1. The first-order chi connectivity index (χ1) is 16.0. The normalized spacial score (nSPS) is 17.9. The molecule has 0 spiro atoms. The predicted molar refractivity (Wildman–Crippen MR) is 132 cm³/mol. The van der Waals surface area contributed by atoms with Gasteiger partial charge in [0.05, 0.1) is 23.5 Å². The van der Waals surface area contributed by atoms with E-state index >= 15 is 0 Å². The molecule has 4 aromatic rings. The van der Waals surface area contributed by atoms with Gasteiger partial charge in [0.2, 0.25) is 0 Å². The maximum Gasteiger partial charge on any atom is 0.174 e. The van der Waals surface area contributed by atoms with Crippen LogP contribution in [-0.2, 0) is 0 Å². The molecule has 5 rings (SSSR count). The van der Waals surface area contributed by atoms with Crippen molar-refractivity contribution in [3.05, 3.63) is 107 Å². The Bertz CT molecular complexity index is 1320. The first kappa shape index (κ1) is 21.3. The molecule has 0 saturated carbocycles. The Morgan fingerprint density at radius 1 is 0.970 bits per heavy atom. The lowest BCUT2D eigenvalue weighted by Gasteiger charge is -2.28. The molecule has 4 heterocycles. The molecule has 1 aliphatic rings.